The number of carbonyl (C=O) groups is 2. The van der Waals surface area contributed by atoms with Crippen LogP contribution in [0, 0.1) is 0 Å². The molecule has 1 rings (SSSR count). The lowest BCUT2D eigenvalue weighted by Crippen LogP contribution is -2.42. The molecule has 5 nitrogen and oxygen atoms in total. The van der Waals surface area contributed by atoms with Crippen LogP contribution in [0.3, 0.4) is 0 Å². The second-order valence-corrected chi connectivity index (χ2v) is 4.15. The Balaban J connectivity index is 2.56. The SMILES string of the molecule is CNC(=O)C1CCCN1CC=C(C)C(=O)OC. The number of rotatable bonds is 4. The van der Waals surface area contributed by atoms with Crippen LogP contribution in [0.25, 0.3) is 0 Å². The molecule has 1 aliphatic heterocycles. The molecule has 1 N–H and O–H groups in total. The zero-order chi connectivity index (χ0) is 12.8. The molecular weight excluding hydrogens is 220 g/mol. The van der Waals surface area contributed by atoms with Crippen LogP contribution in [0.1, 0.15) is 19.8 Å². The number of esters is 1. The molecule has 0 spiro atoms. The largest absolute Gasteiger partial charge is 0.466 e. The van der Waals surface area contributed by atoms with E-state index in [-0.39, 0.29) is 17.9 Å². The Labute approximate surface area is 102 Å². The van der Waals surface area contributed by atoms with Crippen molar-refractivity contribution in [2.75, 3.05) is 27.2 Å². The highest BCUT2D eigenvalue weighted by Gasteiger charge is 2.29. The predicted octanol–water partition coefficient (Wildman–Crippen LogP) is 0.316. The maximum atomic E-state index is 11.6. The fraction of sp³-hybridized carbons (Fsp3) is 0.667. The molecule has 1 aliphatic rings. The molecular formula is C12H20N2O3. The number of amides is 1. The average Bonchev–Trinajstić information content (AvgIpc) is 2.82. The van der Waals surface area contributed by atoms with Crippen molar-refractivity contribution in [2.24, 2.45) is 0 Å². The van der Waals surface area contributed by atoms with Gasteiger partial charge in [-0.1, -0.05) is 6.08 Å². The van der Waals surface area contributed by atoms with Crippen molar-refractivity contribution in [1.29, 1.82) is 0 Å². The summed E-state index contributed by atoms with van der Waals surface area (Å²) in [5.74, 6) is -0.271. The van der Waals surface area contributed by atoms with E-state index in [1.165, 1.54) is 7.11 Å². The summed E-state index contributed by atoms with van der Waals surface area (Å²) in [5, 5.41) is 2.67. The molecule has 1 atom stereocenters. The second-order valence-electron chi connectivity index (χ2n) is 4.15. The van der Waals surface area contributed by atoms with Crippen LogP contribution in [0.2, 0.25) is 0 Å². The average molecular weight is 240 g/mol. The van der Waals surface area contributed by atoms with Gasteiger partial charge in [0.2, 0.25) is 5.91 Å². The molecule has 0 radical (unpaired) electrons. The summed E-state index contributed by atoms with van der Waals surface area (Å²) in [5.41, 5.74) is 0.579. The molecule has 1 saturated heterocycles. The first kappa shape index (κ1) is 13.7. The van der Waals surface area contributed by atoms with Gasteiger partial charge in [0.05, 0.1) is 13.2 Å². The third-order valence-corrected chi connectivity index (χ3v) is 3.05. The maximum absolute atomic E-state index is 11.6. The first-order valence-corrected chi connectivity index (χ1v) is 5.81. The Hall–Kier alpha value is -1.36. The van der Waals surface area contributed by atoms with Gasteiger partial charge in [-0.05, 0) is 26.3 Å². The predicted molar refractivity (Wildman–Crippen MR) is 64.4 cm³/mol. The minimum Gasteiger partial charge on any atom is -0.466 e. The first-order chi connectivity index (χ1) is 8.10. The van der Waals surface area contributed by atoms with Crippen molar-refractivity contribution in [2.45, 2.75) is 25.8 Å². The van der Waals surface area contributed by atoms with Gasteiger partial charge in [-0.25, -0.2) is 4.79 Å². The summed E-state index contributed by atoms with van der Waals surface area (Å²) in [6, 6.07) is -0.0679. The van der Waals surface area contributed by atoms with E-state index >= 15 is 0 Å². The van der Waals surface area contributed by atoms with Crippen LogP contribution >= 0.6 is 0 Å². The topological polar surface area (TPSA) is 58.6 Å². The van der Waals surface area contributed by atoms with Crippen molar-refractivity contribution in [1.82, 2.24) is 10.2 Å². The van der Waals surface area contributed by atoms with Crippen molar-refractivity contribution in [3.8, 4) is 0 Å². The van der Waals surface area contributed by atoms with E-state index < -0.39 is 0 Å². The minimum absolute atomic E-state index is 0.0478. The summed E-state index contributed by atoms with van der Waals surface area (Å²) < 4.78 is 4.62. The Morgan fingerprint density at radius 3 is 2.82 bits per heavy atom. The molecule has 1 heterocycles. The van der Waals surface area contributed by atoms with Crippen molar-refractivity contribution in [3.05, 3.63) is 11.6 Å². The molecule has 0 bridgehead atoms. The minimum atomic E-state index is -0.319. The van der Waals surface area contributed by atoms with Gasteiger partial charge in [0.15, 0.2) is 0 Å². The van der Waals surface area contributed by atoms with Crippen LogP contribution in [0.5, 0.6) is 0 Å². The second kappa shape index (κ2) is 6.39. The first-order valence-electron chi connectivity index (χ1n) is 5.81. The molecule has 1 fully saturated rings. The number of hydrogen-bond acceptors (Lipinski definition) is 4. The van der Waals surface area contributed by atoms with Crippen molar-refractivity contribution >= 4 is 11.9 Å². The Bertz CT molecular complexity index is 326. The van der Waals surface area contributed by atoms with Gasteiger partial charge in [-0.3, -0.25) is 9.69 Å². The lowest BCUT2D eigenvalue weighted by Gasteiger charge is -2.21. The van der Waals surface area contributed by atoms with E-state index in [4.69, 9.17) is 0 Å². The third-order valence-electron chi connectivity index (χ3n) is 3.05. The monoisotopic (exact) mass is 240 g/mol. The van der Waals surface area contributed by atoms with Gasteiger partial charge < -0.3 is 10.1 Å². The molecule has 5 heteroatoms. The molecule has 17 heavy (non-hydrogen) atoms. The zero-order valence-electron chi connectivity index (χ0n) is 10.7. The smallest absolute Gasteiger partial charge is 0.333 e. The number of ether oxygens (including phenoxy) is 1. The van der Waals surface area contributed by atoms with Crippen LogP contribution < -0.4 is 5.32 Å². The molecule has 96 valence electrons. The Morgan fingerprint density at radius 2 is 2.24 bits per heavy atom. The number of likely N-dealkylation sites (tertiary alicyclic amines) is 1. The maximum Gasteiger partial charge on any atom is 0.333 e. The van der Waals surface area contributed by atoms with Crippen molar-refractivity contribution < 1.29 is 14.3 Å². The number of nitrogens with one attached hydrogen (secondary N) is 1. The van der Waals surface area contributed by atoms with Gasteiger partial charge in [-0.2, -0.15) is 0 Å². The van der Waals surface area contributed by atoms with Crippen LogP contribution in [-0.4, -0.2) is 50.1 Å². The number of carbonyl (C=O) groups excluding carboxylic acids is 2. The lowest BCUT2D eigenvalue weighted by molar-refractivity contribution is -0.136. The summed E-state index contributed by atoms with van der Waals surface area (Å²) >= 11 is 0. The van der Waals surface area contributed by atoms with E-state index in [2.05, 4.69) is 15.0 Å². The summed E-state index contributed by atoms with van der Waals surface area (Å²) in [6.45, 7) is 3.22. The Kier molecular flexibility index (Phi) is 5.15. The van der Waals surface area contributed by atoms with Gasteiger partial charge >= 0.3 is 5.97 Å². The number of likely N-dealkylation sites (N-methyl/N-ethyl adjacent to an activating group) is 1. The summed E-state index contributed by atoms with van der Waals surface area (Å²) in [6.07, 6.45) is 3.71. The normalized spacial score (nSPS) is 21.4. The quantitative estimate of drug-likeness (QED) is 0.568. The van der Waals surface area contributed by atoms with Crippen LogP contribution in [-0.2, 0) is 14.3 Å². The van der Waals surface area contributed by atoms with E-state index in [0.29, 0.717) is 12.1 Å². The van der Waals surface area contributed by atoms with Crippen LogP contribution in [0.15, 0.2) is 11.6 Å². The van der Waals surface area contributed by atoms with Crippen molar-refractivity contribution in [3.63, 3.8) is 0 Å². The highest BCUT2D eigenvalue weighted by Crippen LogP contribution is 2.17. The molecule has 0 aliphatic carbocycles. The van der Waals surface area contributed by atoms with E-state index in [9.17, 15) is 9.59 Å². The third kappa shape index (κ3) is 3.56. The van der Waals surface area contributed by atoms with E-state index in [1.54, 1.807) is 14.0 Å². The van der Waals surface area contributed by atoms with Gasteiger partial charge in [0.25, 0.3) is 0 Å². The highest BCUT2D eigenvalue weighted by atomic mass is 16.5. The molecule has 1 amide bonds. The van der Waals surface area contributed by atoms with Gasteiger partial charge in [-0.15, -0.1) is 0 Å². The number of nitrogens with zero attached hydrogens (tertiary/aromatic N) is 1. The number of methoxy groups -OCH3 is 1. The fourth-order valence-corrected chi connectivity index (χ4v) is 2.01. The lowest BCUT2D eigenvalue weighted by atomic mass is 10.2. The highest BCUT2D eigenvalue weighted by molar-refractivity contribution is 5.87. The molecule has 0 saturated carbocycles. The van der Waals surface area contributed by atoms with Crippen LogP contribution in [0.4, 0.5) is 0 Å². The standard InChI is InChI=1S/C12H20N2O3/c1-9(12(16)17-3)6-8-14-7-4-5-10(14)11(15)13-2/h6,10H,4-5,7-8H2,1-3H3,(H,13,15). The number of hydrogen-bond donors (Lipinski definition) is 1. The summed E-state index contributed by atoms with van der Waals surface area (Å²) in [7, 11) is 3.01. The molecule has 1 unspecified atom stereocenters. The Morgan fingerprint density at radius 1 is 1.53 bits per heavy atom. The van der Waals surface area contributed by atoms with E-state index in [0.717, 1.165) is 19.4 Å². The summed E-state index contributed by atoms with van der Waals surface area (Å²) in [4.78, 5) is 24.9. The molecule has 0 aromatic heterocycles. The zero-order valence-corrected chi connectivity index (χ0v) is 10.7. The molecule has 0 aromatic carbocycles. The van der Waals surface area contributed by atoms with Gasteiger partial charge in [0, 0.05) is 19.2 Å². The molecule has 0 aromatic rings. The van der Waals surface area contributed by atoms with Gasteiger partial charge in [0.1, 0.15) is 0 Å². The van der Waals surface area contributed by atoms with E-state index in [1.807, 2.05) is 6.08 Å². The fourth-order valence-electron chi connectivity index (χ4n) is 2.01.